The van der Waals surface area contributed by atoms with Crippen molar-refractivity contribution in [3.63, 3.8) is 0 Å². The highest BCUT2D eigenvalue weighted by Gasteiger charge is 2.32. The maximum absolute atomic E-state index is 14.5. The molecular weight excluding hydrogens is 506 g/mol. The predicted octanol–water partition coefficient (Wildman–Crippen LogP) is 5.36. The number of pyridine rings is 1. The fourth-order valence-corrected chi connectivity index (χ4v) is 4.00. The van der Waals surface area contributed by atoms with E-state index in [9.17, 15) is 27.2 Å². The Labute approximate surface area is 207 Å². The van der Waals surface area contributed by atoms with Crippen LogP contribution in [-0.2, 0) is 17.3 Å². The van der Waals surface area contributed by atoms with Crippen molar-refractivity contribution in [1.29, 1.82) is 0 Å². The van der Waals surface area contributed by atoms with Gasteiger partial charge in [0, 0.05) is 44.3 Å². The number of nitrogens with zero attached hydrogens (tertiary/aromatic N) is 3. The SMILES string of the molecule is CN(CCCC1OC(=O)Nc2ccc(Cl)c(F)c21)C(=O)c1ncc(Cc2cncc(C(F)(F)F)c2)[nH]1. The average Bonchev–Trinajstić information content (AvgIpc) is 3.28. The van der Waals surface area contributed by atoms with Crippen molar-refractivity contribution in [2.45, 2.75) is 31.5 Å². The maximum Gasteiger partial charge on any atom is 0.417 e. The Bertz CT molecular complexity index is 1300. The summed E-state index contributed by atoms with van der Waals surface area (Å²) in [6.45, 7) is 0.241. The molecular formula is C23H20ClF4N5O3. The van der Waals surface area contributed by atoms with Gasteiger partial charge in [0.15, 0.2) is 11.6 Å². The number of rotatable bonds is 7. The molecule has 3 heterocycles. The highest BCUT2D eigenvalue weighted by atomic mass is 35.5. The predicted molar refractivity (Wildman–Crippen MR) is 121 cm³/mol. The van der Waals surface area contributed by atoms with Crippen LogP contribution >= 0.6 is 11.6 Å². The number of carbonyl (C=O) groups is 2. The first-order valence-electron chi connectivity index (χ1n) is 10.8. The van der Waals surface area contributed by atoms with Gasteiger partial charge in [0.05, 0.1) is 21.8 Å². The topological polar surface area (TPSA) is 100 Å². The van der Waals surface area contributed by atoms with E-state index in [4.69, 9.17) is 16.3 Å². The number of fused-ring (bicyclic) bond motifs is 1. The van der Waals surface area contributed by atoms with Gasteiger partial charge in [0.1, 0.15) is 6.10 Å². The van der Waals surface area contributed by atoms with Crippen molar-refractivity contribution in [2.75, 3.05) is 18.9 Å². The molecule has 0 aliphatic carbocycles. The fraction of sp³-hybridized carbons (Fsp3) is 0.304. The Morgan fingerprint density at radius 2 is 2.03 bits per heavy atom. The lowest BCUT2D eigenvalue weighted by Crippen LogP contribution is -2.30. The van der Waals surface area contributed by atoms with Gasteiger partial charge in [0.25, 0.3) is 5.91 Å². The largest absolute Gasteiger partial charge is 0.441 e. The molecule has 3 aromatic rings. The molecule has 1 unspecified atom stereocenters. The normalized spacial score (nSPS) is 15.2. The quantitative estimate of drug-likeness (QED) is 0.404. The second kappa shape index (κ2) is 10.1. The van der Waals surface area contributed by atoms with E-state index in [-0.39, 0.29) is 41.5 Å². The summed E-state index contributed by atoms with van der Waals surface area (Å²) in [6.07, 6.45) is -1.97. The number of amides is 2. The number of aromatic amines is 1. The molecule has 0 saturated carbocycles. The number of carbonyl (C=O) groups excluding carboxylic acids is 2. The zero-order valence-electron chi connectivity index (χ0n) is 18.8. The maximum atomic E-state index is 14.5. The van der Waals surface area contributed by atoms with Gasteiger partial charge in [-0.2, -0.15) is 13.2 Å². The number of aromatic nitrogens is 3. The first kappa shape index (κ1) is 25.4. The minimum absolute atomic E-state index is 0.0175. The summed E-state index contributed by atoms with van der Waals surface area (Å²) in [5, 5.41) is 2.33. The summed E-state index contributed by atoms with van der Waals surface area (Å²) in [5.74, 6) is -1.10. The number of anilines is 1. The molecule has 0 spiro atoms. The third-order valence-corrected chi connectivity index (χ3v) is 5.89. The van der Waals surface area contributed by atoms with Gasteiger partial charge in [-0.15, -0.1) is 0 Å². The minimum Gasteiger partial charge on any atom is -0.441 e. The zero-order valence-corrected chi connectivity index (χ0v) is 19.6. The molecule has 0 saturated heterocycles. The van der Waals surface area contributed by atoms with Gasteiger partial charge in [0.2, 0.25) is 0 Å². The molecule has 0 radical (unpaired) electrons. The zero-order chi connectivity index (χ0) is 26.0. The second-order valence-corrected chi connectivity index (χ2v) is 8.63. The van der Waals surface area contributed by atoms with E-state index < -0.39 is 35.7 Å². The third kappa shape index (κ3) is 5.59. The van der Waals surface area contributed by atoms with Crippen molar-refractivity contribution in [3.8, 4) is 0 Å². The van der Waals surface area contributed by atoms with Crippen LogP contribution in [0.25, 0.3) is 0 Å². The summed E-state index contributed by atoms with van der Waals surface area (Å²) in [4.78, 5) is 36.4. The number of H-pyrrole nitrogens is 1. The second-order valence-electron chi connectivity index (χ2n) is 8.22. The van der Waals surface area contributed by atoms with Gasteiger partial charge in [-0.3, -0.25) is 15.1 Å². The number of cyclic esters (lactones) is 1. The number of imidazole rings is 1. The van der Waals surface area contributed by atoms with E-state index >= 15 is 0 Å². The summed E-state index contributed by atoms with van der Waals surface area (Å²) < 4.78 is 58.4. The van der Waals surface area contributed by atoms with Crippen molar-refractivity contribution >= 4 is 29.3 Å². The lowest BCUT2D eigenvalue weighted by atomic mass is 10.0. The van der Waals surface area contributed by atoms with Crippen LogP contribution in [0.4, 0.5) is 28.0 Å². The molecule has 4 rings (SSSR count). The molecule has 8 nitrogen and oxygen atoms in total. The first-order chi connectivity index (χ1) is 17.0. The lowest BCUT2D eigenvalue weighted by molar-refractivity contribution is -0.137. The van der Waals surface area contributed by atoms with Crippen LogP contribution in [0, 0.1) is 5.82 Å². The highest BCUT2D eigenvalue weighted by molar-refractivity contribution is 6.31. The summed E-state index contributed by atoms with van der Waals surface area (Å²) in [7, 11) is 1.54. The number of nitrogens with one attached hydrogen (secondary N) is 2. The van der Waals surface area contributed by atoms with E-state index in [0.29, 0.717) is 17.7 Å². The van der Waals surface area contributed by atoms with Crippen LogP contribution in [0.15, 0.2) is 36.8 Å². The molecule has 36 heavy (non-hydrogen) atoms. The number of benzene rings is 1. The molecule has 1 aliphatic heterocycles. The third-order valence-electron chi connectivity index (χ3n) is 5.59. The molecule has 2 amide bonds. The van der Waals surface area contributed by atoms with Gasteiger partial charge in [-0.05, 0) is 36.6 Å². The first-order valence-corrected chi connectivity index (χ1v) is 11.2. The molecule has 0 bridgehead atoms. The molecule has 1 aliphatic rings. The van der Waals surface area contributed by atoms with Gasteiger partial charge < -0.3 is 14.6 Å². The van der Waals surface area contributed by atoms with E-state index in [1.165, 1.54) is 29.4 Å². The Hall–Kier alpha value is -3.67. The fourth-order valence-electron chi connectivity index (χ4n) is 3.83. The Morgan fingerprint density at radius 3 is 2.78 bits per heavy atom. The highest BCUT2D eigenvalue weighted by Crippen LogP contribution is 2.38. The van der Waals surface area contributed by atoms with Crippen LogP contribution in [0.2, 0.25) is 5.02 Å². The van der Waals surface area contributed by atoms with E-state index in [1.807, 2.05) is 0 Å². The van der Waals surface area contributed by atoms with Crippen molar-refractivity contribution in [2.24, 2.45) is 0 Å². The van der Waals surface area contributed by atoms with Crippen LogP contribution in [0.3, 0.4) is 0 Å². The van der Waals surface area contributed by atoms with Gasteiger partial charge >= 0.3 is 12.3 Å². The van der Waals surface area contributed by atoms with Crippen molar-refractivity contribution < 1.29 is 31.9 Å². The molecule has 190 valence electrons. The van der Waals surface area contributed by atoms with Crippen LogP contribution in [0.1, 0.15) is 51.9 Å². The molecule has 2 N–H and O–H groups in total. The van der Waals surface area contributed by atoms with Crippen LogP contribution in [-0.4, -0.2) is 45.4 Å². The molecule has 1 aromatic carbocycles. The molecule has 1 atom stereocenters. The Kier molecular flexibility index (Phi) is 7.16. The van der Waals surface area contributed by atoms with Gasteiger partial charge in [-0.25, -0.2) is 14.2 Å². The monoisotopic (exact) mass is 525 g/mol. The molecule has 13 heteroatoms. The average molecular weight is 526 g/mol. The van der Waals surface area contributed by atoms with Crippen LogP contribution < -0.4 is 5.32 Å². The lowest BCUT2D eigenvalue weighted by Gasteiger charge is -2.27. The number of ether oxygens (including phenoxy) is 1. The van der Waals surface area contributed by atoms with Gasteiger partial charge in [-0.1, -0.05) is 11.6 Å². The minimum atomic E-state index is -4.51. The van der Waals surface area contributed by atoms with Crippen molar-refractivity contribution in [3.05, 3.63) is 75.8 Å². The smallest absolute Gasteiger partial charge is 0.417 e. The summed E-state index contributed by atoms with van der Waals surface area (Å²) >= 11 is 5.86. The number of alkyl halides is 3. The standard InChI is InChI=1S/C23H20ClF4N5O3/c1-33(6-2-3-17-18-16(32-22(35)36-17)5-4-15(24)19(18)25)21(34)20-30-11-14(31-20)8-12-7-13(10-29-9-12)23(26,27)28/h4-5,7,9-11,17H,2-3,6,8H2,1H3,(H,30,31)(H,32,35). The Balaban J connectivity index is 1.35. The molecule has 0 fully saturated rings. The summed E-state index contributed by atoms with van der Waals surface area (Å²) in [5.41, 5.74) is 0.320. The molecule has 2 aromatic heterocycles. The van der Waals surface area contributed by atoms with E-state index in [2.05, 4.69) is 20.3 Å². The van der Waals surface area contributed by atoms with E-state index in [1.54, 1.807) is 7.05 Å². The number of hydrogen-bond acceptors (Lipinski definition) is 5. The summed E-state index contributed by atoms with van der Waals surface area (Å²) in [6, 6.07) is 3.82. The number of hydrogen-bond donors (Lipinski definition) is 2. The Morgan fingerprint density at radius 1 is 1.25 bits per heavy atom. The van der Waals surface area contributed by atoms with E-state index in [0.717, 1.165) is 12.3 Å². The number of halogens is 5. The van der Waals surface area contributed by atoms with Crippen molar-refractivity contribution in [1.82, 2.24) is 19.9 Å². The van der Waals surface area contributed by atoms with Crippen LogP contribution in [0.5, 0.6) is 0 Å².